The quantitative estimate of drug-likeness (QED) is 0.785. The minimum absolute atomic E-state index is 0.0465. The van der Waals surface area contributed by atoms with E-state index in [2.05, 4.69) is 32.8 Å². The van der Waals surface area contributed by atoms with Crippen molar-refractivity contribution < 1.29 is 4.79 Å². The molecule has 6 nitrogen and oxygen atoms in total. The molecule has 158 valence electrons. The average Bonchev–Trinajstić information content (AvgIpc) is 3.23. The summed E-state index contributed by atoms with van der Waals surface area (Å²) in [6.45, 7) is 7.35. The van der Waals surface area contributed by atoms with Crippen molar-refractivity contribution in [1.29, 1.82) is 0 Å². The van der Waals surface area contributed by atoms with Crippen LogP contribution >= 0.6 is 0 Å². The van der Waals surface area contributed by atoms with E-state index in [1.54, 1.807) is 6.20 Å². The highest BCUT2D eigenvalue weighted by Gasteiger charge is 2.28. The van der Waals surface area contributed by atoms with Crippen LogP contribution in [0.3, 0.4) is 0 Å². The predicted octanol–water partition coefficient (Wildman–Crippen LogP) is 2.50. The molecule has 2 fully saturated rings. The first-order valence-electron chi connectivity index (χ1n) is 11.2. The van der Waals surface area contributed by atoms with E-state index in [1.807, 2.05) is 35.2 Å². The van der Waals surface area contributed by atoms with Crippen LogP contribution in [0.1, 0.15) is 28.8 Å². The SMILES string of the molecule is CN1CCCC(N2CCN(c3ccc(C(=O)N4CCc5ccccc54)cn3)CC2)C1. The molecule has 0 radical (unpaired) electrons. The van der Waals surface area contributed by atoms with Crippen LogP contribution in [0.2, 0.25) is 0 Å². The van der Waals surface area contributed by atoms with Crippen molar-refractivity contribution in [3.05, 3.63) is 53.7 Å². The number of amides is 1. The number of rotatable bonds is 3. The van der Waals surface area contributed by atoms with Crippen LogP contribution in [0.5, 0.6) is 0 Å². The third kappa shape index (κ3) is 3.82. The van der Waals surface area contributed by atoms with Gasteiger partial charge in [-0.3, -0.25) is 9.69 Å². The van der Waals surface area contributed by atoms with Crippen molar-refractivity contribution in [2.45, 2.75) is 25.3 Å². The molecular formula is C24H31N5O. The summed E-state index contributed by atoms with van der Waals surface area (Å²) in [5, 5.41) is 0. The van der Waals surface area contributed by atoms with E-state index in [4.69, 9.17) is 0 Å². The Bertz CT molecular complexity index is 891. The largest absolute Gasteiger partial charge is 0.354 e. The highest BCUT2D eigenvalue weighted by atomic mass is 16.2. The summed E-state index contributed by atoms with van der Waals surface area (Å²) in [7, 11) is 2.23. The van der Waals surface area contributed by atoms with E-state index in [-0.39, 0.29) is 5.91 Å². The molecule has 3 aliphatic rings. The van der Waals surface area contributed by atoms with E-state index in [9.17, 15) is 4.79 Å². The zero-order valence-electron chi connectivity index (χ0n) is 17.8. The Labute approximate surface area is 179 Å². The van der Waals surface area contributed by atoms with Crippen LogP contribution in [-0.4, -0.2) is 79.6 Å². The summed E-state index contributed by atoms with van der Waals surface area (Å²) in [6.07, 6.45) is 5.30. The Balaban J connectivity index is 1.20. The minimum atomic E-state index is 0.0465. The van der Waals surface area contributed by atoms with Crippen molar-refractivity contribution in [2.75, 3.05) is 62.7 Å². The van der Waals surface area contributed by atoms with Gasteiger partial charge < -0.3 is 14.7 Å². The van der Waals surface area contributed by atoms with E-state index >= 15 is 0 Å². The van der Waals surface area contributed by atoms with E-state index in [1.165, 1.54) is 31.5 Å². The number of pyridine rings is 1. The van der Waals surface area contributed by atoms with Gasteiger partial charge in [-0.05, 0) is 56.6 Å². The lowest BCUT2D eigenvalue weighted by atomic mass is 10.0. The molecule has 0 bridgehead atoms. The molecular weight excluding hydrogens is 374 g/mol. The van der Waals surface area contributed by atoms with Gasteiger partial charge in [-0.25, -0.2) is 4.98 Å². The maximum absolute atomic E-state index is 13.0. The monoisotopic (exact) mass is 405 g/mol. The summed E-state index contributed by atoms with van der Waals surface area (Å²) >= 11 is 0. The maximum atomic E-state index is 13.0. The first-order chi connectivity index (χ1) is 14.7. The molecule has 2 aromatic rings. The molecule has 4 heterocycles. The van der Waals surface area contributed by atoms with Gasteiger partial charge in [-0.15, -0.1) is 0 Å². The number of hydrogen-bond acceptors (Lipinski definition) is 5. The average molecular weight is 406 g/mol. The van der Waals surface area contributed by atoms with Crippen molar-refractivity contribution in [3.8, 4) is 0 Å². The number of aromatic nitrogens is 1. The van der Waals surface area contributed by atoms with Gasteiger partial charge in [0.05, 0.1) is 5.56 Å². The number of nitrogens with zero attached hydrogens (tertiary/aromatic N) is 5. The fourth-order valence-corrected chi connectivity index (χ4v) is 5.16. The number of piperazine rings is 1. The number of likely N-dealkylation sites (N-methyl/N-ethyl adjacent to an activating group) is 1. The third-order valence-electron chi connectivity index (χ3n) is 6.88. The van der Waals surface area contributed by atoms with Crippen LogP contribution in [-0.2, 0) is 6.42 Å². The van der Waals surface area contributed by atoms with Gasteiger partial charge in [-0.2, -0.15) is 0 Å². The maximum Gasteiger partial charge on any atom is 0.259 e. The molecule has 6 heteroatoms. The lowest BCUT2D eigenvalue weighted by Crippen LogP contribution is -2.54. The van der Waals surface area contributed by atoms with Crippen molar-refractivity contribution in [2.24, 2.45) is 0 Å². The molecule has 5 rings (SSSR count). The Morgan fingerprint density at radius 3 is 2.60 bits per heavy atom. The zero-order chi connectivity index (χ0) is 20.5. The number of hydrogen-bond donors (Lipinski definition) is 0. The number of para-hydroxylation sites is 1. The van der Waals surface area contributed by atoms with Crippen LogP contribution in [0.25, 0.3) is 0 Å². The molecule has 1 amide bonds. The molecule has 0 N–H and O–H groups in total. The number of likely N-dealkylation sites (tertiary alicyclic amines) is 1. The number of carbonyl (C=O) groups excluding carboxylic acids is 1. The van der Waals surface area contributed by atoms with Crippen molar-refractivity contribution in [1.82, 2.24) is 14.8 Å². The molecule has 0 saturated carbocycles. The van der Waals surface area contributed by atoms with Crippen LogP contribution in [0.4, 0.5) is 11.5 Å². The fourth-order valence-electron chi connectivity index (χ4n) is 5.16. The molecule has 1 atom stereocenters. The van der Waals surface area contributed by atoms with Gasteiger partial charge in [0.2, 0.25) is 0 Å². The van der Waals surface area contributed by atoms with Crippen LogP contribution < -0.4 is 9.80 Å². The van der Waals surface area contributed by atoms with Crippen molar-refractivity contribution >= 4 is 17.4 Å². The second-order valence-corrected chi connectivity index (χ2v) is 8.82. The first-order valence-corrected chi connectivity index (χ1v) is 11.2. The van der Waals surface area contributed by atoms with Gasteiger partial charge >= 0.3 is 0 Å². The van der Waals surface area contributed by atoms with Gasteiger partial charge in [0.25, 0.3) is 5.91 Å². The van der Waals surface area contributed by atoms with Gasteiger partial charge in [0, 0.05) is 57.2 Å². The third-order valence-corrected chi connectivity index (χ3v) is 6.88. The number of fused-ring (bicyclic) bond motifs is 1. The highest BCUT2D eigenvalue weighted by molar-refractivity contribution is 6.07. The first kappa shape index (κ1) is 19.5. The predicted molar refractivity (Wildman–Crippen MR) is 120 cm³/mol. The molecule has 1 aromatic carbocycles. The molecule has 3 aliphatic heterocycles. The smallest absolute Gasteiger partial charge is 0.259 e. The molecule has 1 aromatic heterocycles. The highest BCUT2D eigenvalue weighted by Crippen LogP contribution is 2.29. The molecule has 2 saturated heterocycles. The van der Waals surface area contributed by atoms with Gasteiger partial charge in [0.15, 0.2) is 0 Å². The van der Waals surface area contributed by atoms with Gasteiger partial charge in [0.1, 0.15) is 5.82 Å². The lowest BCUT2D eigenvalue weighted by molar-refractivity contribution is 0.0989. The standard InChI is InChI=1S/C24H31N5O/c1-26-11-4-6-21(18-26)27-13-15-28(16-14-27)23-9-8-20(17-25-23)24(30)29-12-10-19-5-2-3-7-22(19)29/h2-3,5,7-9,17,21H,4,6,10-16,18H2,1H3. The Hall–Kier alpha value is -2.44. The molecule has 0 aliphatic carbocycles. The van der Waals surface area contributed by atoms with Gasteiger partial charge in [-0.1, -0.05) is 18.2 Å². The van der Waals surface area contributed by atoms with Crippen LogP contribution in [0, 0.1) is 0 Å². The second-order valence-electron chi connectivity index (χ2n) is 8.82. The Kier molecular flexibility index (Phi) is 5.44. The zero-order valence-corrected chi connectivity index (χ0v) is 17.8. The number of benzene rings is 1. The van der Waals surface area contributed by atoms with E-state index in [0.29, 0.717) is 11.6 Å². The summed E-state index contributed by atoms with van der Waals surface area (Å²) in [5.74, 6) is 1.03. The normalized spacial score (nSPS) is 22.9. The van der Waals surface area contributed by atoms with Crippen LogP contribution in [0.15, 0.2) is 42.6 Å². The Morgan fingerprint density at radius 2 is 1.83 bits per heavy atom. The lowest BCUT2D eigenvalue weighted by Gasteiger charge is -2.43. The molecule has 30 heavy (non-hydrogen) atoms. The number of piperidine rings is 1. The molecule has 0 spiro atoms. The fraction of sp³-hybridized carbons (Fsp3) is 0.500. The topological polar surface area (TPSA) is 42.9 Å². The summed E-state index contributed by atoms with van der Waals surface area (Å²) in [6, 6.07) is 12.8. The minimum Gasteiger partial charge on any atom is -0.354 e. The summed E-state index contributed by atoms with van der Waals surface area (Å²) < 4.78 is 0. The Morgan fingerprint density at radius 1 is 1.00 bits per heavy atom. The van der Waals surface area contributed by atoms with E-state index in [0.717, 1.165) is 50.6 Å². The summed E-state index contributed by atoms with van der Waals surface area (Å²) in [4.78, 5) is 27.0. The summed E-state index contributed by atoms with van der Waals surface area (Å²) in [5.41, 5.74) is 2.95. The van der Waals surface area contributed by atoms with Crippen molar-refractivity contribution in [3.63, 3.8) is 0 Å². The van der Waals surface area contributed by atoms with E-state index < -0.39 is 0 Å². The number of carbonyl (C=O) groups is 1. The second kappa shape index (κ2) is 8.36. The number of anilines is 2. The molecule has 1 unspecified atom stereocenters.